The summed E-state index contributed by atoms with van der Waals surface area (Å²) in [5.41, 5.74) is 6.40. The van der Waals surface area contributed by atoms with Gasteiger partial charge in [0.05, 0.1) is 37.2 Å². The van der Waals surface area contributed by atoms with E-state index in [9.17, 15) is 28.8 Å². The number of hydrogen-bond acceptors (Lipinski definition) is 13. The maximum Gasteiger partial charge on any atom is 0.329 e. The van der Waals surface area contributed by atoms with Crippen LogP contribution in [0.2, 0.25) is 0 Å². The van der Waals surface area contributed by atoms with Crippen molar-refractivity contribution >= 4 is 47.0 Å². The SMILES string of the molecule is CCOC(=O)C1Cc2ccccc2CN1C(=O)c1ccco1.CCOC(=O)C1Cc2ccccc2CN1C(=O)c1cccs1.CCOC(=O)C1Cc2ccccc2CN1C(=O)c1ccno1. The van der Waals surface area contributed by atoms with Crippen molar-refractivity contribution in [1.82, 2.24) is 19.9 Å². The van der Waals surface area contributed by atoms with Crippen molar-refractivity contribution < 1.29 is 51.9 Å². The van der Waals surface area contributed by atoms with Crippen molar-refractivity contribution in [2.24, 2.45) is 0 Å². The van der Waals surface area contributed by atoms with Gasteiger partial charge in [0.2, 0.25) is 5.76 Å². The summed E-state index contributed by atoms with van der Waals surface area (Å²) in [5, 5.41) is 5.42. The van der Waals surface area contributed by atoms with E-state index >= 15 is 0 Å². The van der Waals surface area contributed by atoms with Crippen LogP contribution in [-0.4, -0.2) is 93.4 Å². The number of hydrogen-bond donors (Lipinski definition) is 0. The van der Waals surface area contributed by atoms with Crippen molar-refractivity contribution in [2.45, 2.75) is 77.8 Å². The van der Waals surface area contributed by atoms with Crippen LogP contribution in [0.3, 0.4) is 0 Å². The molecule has 3 aliphatic rings. The van der Waals surface area contributed by atoms with Gasteiger partial charge in [-0.1, -0.05) is 84.0 Å². The van der Waals surface area contributed by atoms with Gasteiger partial charge >= 0.3 is 17.9 Å². The van der Waals surface area contributed by atoms with E-state index in [1.807, 2.05) is 84.2 Å². The van der Waals surface area contributed by atoms with Crippen LogP contribution in [0.4, 0.5) is 0 Å². The third kappa shape index (κ3) is 10.8. The highest BCUT2D eigenvalue weighted by Crippen LogP contribution is 2.29. The quantitative estimate of drug-likeness (QED) is 0.106. The Kier molecular flexibility index (Phi) is 15.6. The van der Waals surface area contributed by atoms with E-state index in [4.69, 9.17) is 23.2 Å². The lowest BCUT2D eigenvalue weighted by molar-refractivity contribution is -0.149. The number of aromatic nitrogens is 1. The number of carbonyl (C=O) groups excluding carboxylic acids is 6. The highest BCUT2D eigenvalue weighted by molar-refractivity contribution is 7.12. The molecule has 15 nitrogen and oxygen atoms in total. The molecule has 342 valence electrons. The lowest BCUT2D eigenvalue weighted by atomic mass is 9.93. The second kappa shape index (κ2) is 22.0. The monoisotopic (exact) mass is 914 g/mol. The van der Waals surface area contributed by atoms with Gasteiger partial charge in [0.15, 0.2) is 5.76 Å². The fourth-order valence-electron chi connectivity index (χ4n) is 8.11. The van der Waals surface area contributed by atoms with Crippen molar-refractivity contribution in [3.63, 3.8) is 0 Å². The van der Waals surface area contributed by atoms with Gasteiger partial charge in [-0.15, -0.1) is 11.3 Å². The molecule has 0 aliphatic carbocycles. The number of benzene rings is 3. The molecule has 0 bridgehead atoms. The van der Waals surface area contributed by atoms with Gasteiger partial charge in [0, 0.05) is 45.0 Å². The van der Waals surface area contributed by atoms with Crippen molar-refractivity contribution in [3.8, 4) is 0 Å². The smallest absolute Gasteiger partial charge is 0.329 e. The molecule has 6 heterocycles. The van der Waals surface area contributed by atoms with Gasteiger partial charge in [0.1, 0.15) is 18.1 Å². The average molecular weight is 915 g/mol. The predicted molar refractivity (Wildman–Crippen MR) is 241 cm³/mol. The minimum absolute atomic E-state index is 0.109. The van der Waals surface area contributed by atoms with E-state index in [0.717, 1.165) is 33.4 Å². The molecule has 0 saturated heterocycles. The van der Waals surface area contributed by atoms with E-state index in [-0.39, 0.29) is 47.8 Å². The number of esters is 3. The Morgan fingerprint density at radius 3 is 1.32 bits per heavy atom. The fraction of sp³-hybridized carbons (Fsp3) is 0.300. The summed E-state index contributed by atoms with van der Waals surface area (Å²) in [6.07, 6.45) is 4.26. The minimum atomic E-state index is -0.646. The van der Waals surface area contributed by atoms with Crippen LogP contribution >= 0.6 is 11.3 Å². The Hall–Kier alpha value is -7.33. The summed E-state index contributed by atoms with van der Waals surface area (Å²) >= 11 is 1.39. The number of nitrogens with zero attached hydrogens (tertiary/aromatic N) is 4. The van der Waals surface area contributed by atoms with Crippen LogP contribution in [0.15, 0.2) is 130 Å². The molecule has 3 atom stereocenters. The zero-order chi connectivity index (χ0) is 46.6. The average Bonchev–Trinajstić information content (AvgIpc) is 4.19. The third-order valence-corrected chi connectivity index (χ3v) is 12.2. The largest absolute Gasteiger partial charge is 0.464 e. The first kappa shape index (κ1) is 46.7. The second-order valence-corrected chi connectivity index (χ2v) is 16.3. The van der Waals surface area contributed by atoms with Crippen molar-refractivity contribution in [3.05, 3.63) is 171 Å². The van der Waals surface area contributed by atoms with Gasteiger partial charge in [-0.25, -0.2) is 14.4 Å². The topological polar surface area (TPSA) is 179 Å². The number of ether oxygens (including phenoxy) is 3. The molecule has 0 spiro atoms. The first-order chi connectivity index (χ1) is 32.1. The standard InChI is InChI=1S/C17H17NO4.C17H17NO3S.C16H16N2O4/c2*1-2-21-17(20)14-10-12-6-3-4-7-13(12)11-18(14)16(19)15-8-5-9-22-15;1-2-21-16(20)13-9-11-5-3-4-6-12(11)10-18(13)15(19)14-7-8-17-22-14/h2*3-9,14H,2,10-11H2,1H3;3-8,13H,2,9-10H2,1H3. The Morgan fingerprint density at radius 2 is 0.955 bits per heavy atom. The molecular formula is C50H50N4O11S. The third-order valence-electron chi connectivity index (χ3n) is 11.3. The minimum Gasteiger partial charge on any atom is -0.464 e. The Labute approximate surface area is 385 Å². The van der Waals surface area contributed by atoms with Crippen LogP contribution in [0.5, 0.6) is 0 Å². The van der Waals surface area contributed by atoms with E-state index in [1.54, 1.807) is 43.9 Å². The van der Waals surface area contributed by atoms with Gasteiger partial charge in [-0.2, -0.15) is 0 Å². The highest BCUT2D eigenvalue weighted by Gasteiger charge is 2.39. The Balaban J connectivity index is 0.000000147. The van der Waals surface area contributed by atoms with E-state index in [0.29, 0.717) is 57.0 Å². The molecular weight excluding hydrogens is 865 g/mol. The molecule has 0 saturated carbocycles. The highest BCUT2D eigenvalue weighted by atomic mass is 32.1. The van der Waals surface area contributed by atoms with E-state index < -0.39 is 24.1 Å². The van der Waals surface area contributed by atoms with Crippen LogP contribution in [0.25, 0.3) is 0 Å². The van der Waals surface area contributed by atoms with Gasteiger partial charge in [0.25, 0.3) is 17.7 Å². The maximum atomic E-state index is 12.7. The molecule has 0 radical (unpaired) electrons. The summed E-state index contributed by atoms with van der Waals surface area (Å²) in [5.74, 6) is -1.52. The number of thiophene rings is 1. The van der Waals surface area contributed by atoms with E-state index in [1.165, 1.54) is 39.7 Å². The van der Waals surface area contributed by atoms with Crippen LogP contribution < -0.4 is 0 Å². The van der Waals surface area contributed by atoms with Crippen LogP contribution in [0.1, 0.15) is 84.9 Å². The Morgan fingerprint density at radius 1 is 0.530 bits per heavy atom. The van der Waals surface area contributed by atoms with Gasteiger partial charge in [-0.05, 0) is 77.7 Å². The van der Waals surface area contributed by atoms with E-state index in [2.05, 4.69) is 5.16 Å². The Bertz CT molecular complexity index is 2330. The lowest BCUT2D eigenvalue weighted by Crippen LogP contribution is -2.49. The van der Waals surface area contributed by atoms with Crippen molar-refractivity contribution in [1.29, 1.82) is 0 Å². The summed E-state index contributed by atoms with van der Waals surface area (Å²) in [7, 11) is 0. The molecule has 0 fully saturated rings. The normalized spacial score (nSPS) is 17.0. The summed E-state index contributed by atoms with van der Waals surface area (Å²) < 4.78 is 25.5. The second-order valence-electron chi connectivity index (χ2n) is 15.4. The zero-order valence-corrected chi connectivity index (χ0v) is 37.6. The summed E-state index contributed by atoms with van der Waals surface area (Å²) in [6, 6.07) is 30.1. The molecule has 3 amide bonds. The molecule has 3 aliphatic heterocycles. The number of carbonyl (C=O) groups is 6. The maximum absolute atomic E-state index is 12.7. The summed E-state index contributed by atoms with van der Waals surface area (Å²) in [6.45, 7) is 7.33. The molecule has 9 rings (SSSR count). The number of rotatable bonds is 9. The van der Waals surface area contributed by atoms with Gasteiger partial charge in [-0.3, -0.25) is 14.4 Å². The first-order valence-corrected chi connectivity index (χ1v) is 22.6. The molecule has 0 N–H and O–H groups in total. The number of amides is 3. The predicted octanol–water partition coefficient (Wildman–Crippen LogP) is 7.09. The zero-order valence-electron chi connectivity index (χ0n) is 36.8. The van der Waals surface area contributed by atoms with Crippen molar-refractivity contribution in [2.75, 3.05) is 19.8 Å². The van der Waals surface area contributed by atoms with Crippen LogP contribution in [-0.2, 0) is 67.5 Å². The first-order valence-electron chi connectivity index (χ1n) is 21.7. The number of furan rings is 1. The lowest BCUT2D eigenvalue weighted by Gasteiger charge is -2.35. The molecule has 66 heavy (non-hydrogen) atoms. The molecule has 3 aromatic heterocycles. The molecule has 16 heteroatoms. The molecule has 6 aromatic rings. The molecule has 3 unspecified atom stereocenters. The van der Waals surface area contributed by atoms with Gasteiger partial charge < -0.3 is 37.9 Å². The summed E-state index contributed by atoms with van der Waals surface area (Å²) in [4.78, 5) is 80.0. The fourth-order valence-corrected chi connectivity index (χ4v) is 8.79. The number of fused-ring (bicyclic) bond motifs is 3. The molecule has 3 aromatic carbocycles. The van der Waals surface area contributed by atoms with Crippen LogP contribution in [0, 0.1) is 0 Å².